The second-order valence-corrected chi connectivity index (χ2v) is 14.0. The Morgan fingerprint density at radius 3 is 2.49 bits per heavy atom. The van der Waals surface area contributed by atoms with E-state index in [1.807, 2.05) is 6.92 Å². The number of nitrogens with one attached hydrogen (secondary N) is 1. The fourth-order valence-corrected chi connectivity index (χ4v) is 7.54. The van der Waals surface area contributed by atoms with Gasteiger partial charge in [-0.3, -0.25) is 9.36 Å². The van der Waals surface area contributed by atoms with Gasteiger partial charge in [-0.2, -0.15) is 0 Å². The average molecular weight is 551 g/mol. The third-order valence-electron chi connectivity index (χ3n) is 9.20. The van der Waals surface area contributed by atoms with Gasteiger partial charge in [-0.25, -0.2) is 37.6 Å². The van der Waals surface area contributed by atoms with Crippen molar-refractivity contribution in [2.45, 2.75) is 58.4 Å². The molecule has 1 aliphatic heterocycles. The van der Waals surface area contributed by atoms with Crippen LogP contribution in [0.25, 0.3) is 22.6 Å². The predicted molar refractivity (Wildman–Crippen MR) is 147 cm³/mol. The van der Waals surface area contributed by atoms with Crippen LogP contribution in [0.5, 0.6) is 0 Å². The number of sulfonamides is 1. The molecule has 3 aliphatic carbocycles. The highest BCUT2D eigenvalue weighted by Gasteiger charge is 2.57. The van der Waals surface area contributed by atoms with Gasteiger partial charge >= 0.3 is 0 Å². The molecule has 4 fully saturated rings. The molecule has 3 aromatic heterocycles. The summed E-state index contributed by atoms with van der Waals surface area (Å²) in [5.41, 5.74) is 3.63. The largest absolute Gasteiger partial charge is 0.365 e. The number of hydrogen-bond acceptors (Lipinski definition) is 9. The first-order valence-electron chi connectivity index (χ1n) is 14.1. The molecule has 4 atom stereocenters. The lowest BCUT2D eigenvalue weighted by molar-refractivity contribution is 0.417. The minimum Gasteiger partial charge on any atom is -0.365 e. The Bertz CT molecular complexity index is 1620. The summed E-state index contributed by atoms with van der Waals surface area (Å²) in [4.78, 5) is 37.1. The Balaban J connectivity index is 1.20. The number of hydrogen-bond donors (Lipinski definition) is 1. The zero-order chi connectivity index (χ0) is 27.1. The zero-order valence-electron chi connectivity index (χ0n) is 22.5. The molecule has 4 aliphatic rings. The second-order valence-electron chi connectivity index (χ2n) is 11.7. The Kier molecular flexibility index (Phi) is 5.78. The van der Waals surface area contributed by atoms with Crippen molar-refractivity contribution in [1.29, 1.82) is 0 Å². The smallest absolute Gasteiger partial charge is 0.295 e. The first-order chi connectivity index (χ1) is 18.8. The van der Waals surface area contributed by atoms with Crippen LogP contribution in [0.1, 0.15) is 62.9 Å². The van der Waals surface area contributed by atoms with Gasteiger partial charge in [0, 0.05) is 31.6 Å². The summed E-state index contributed by atoms with van der Waals surface area (Å²) in [7, 11) is -3.14. The van der Waals surface area contributed by atoms with Gasteiger partial charge in [-0.05, 0) is 70.1 Å². The van der Waals surface area contributed by atoms with E-state index >= 15 is 0 Å². The summed E-state index contributed by atoms with van der Waals surface area (Å²) < 4.78 is 27.8. The van der Waals surface area contributed by atoms with E-state index in [1.54, 1.807) is 28.3 Å². The van der Waals surface area contributed by atoms with Crippen LogP contribution in [0.15, 0.2) is 17.3 Å². The predicted octanol–water partition coefficient (Wildman–Crippen LogP) is 2.74. The van der Waals surface area contributed by atoms with E-state index in [0.29, 0.717) is 72.0 Å². The first kappa shape index (κ1) is 25.0. The van der Waals surface area contributed by atoms with Crippen molar-refractivity contribution in [2.75, 3.05) is 30.7 Å². The topological polar surface area (TPSA) is 136 Å². The lowest BCUT2D eigenvalue weighted by Crippen LogP contribution is -2.34. The molecule has 1 N–H and O–H groups in total. The lowest BCUT2D eigenvalue weighted by Gasteiger charge is -2.20. The number of fused-ring (bicyclic) bond motifs is 2. The molecule has 0 radical (unpaired) electrons. The number of rotatable bonds is 9. The maximum atomic E-state index is 13.8. The van der Waals surface area contributed by atoms with Crippen molar-refractivity contribution in [1.82, 2.24) is 33.8 Å². The Hall–Kier alpha value is -2.99. The fraction of sp³-hybridized carbons (Fsp3) is 0.630. The van der Waals surface area contributed by atoms with Crippen LogP contribution in [-0.4, -0.2) is 67.6 Å². The van der Waals surface area contributed by atoms with Crippen molar-refractivity contribution in [3.8, 4) is 11.4 Å². The highest BCUT2D eigenvalue weighted by Crippen LogP contribution is 2.52. The summed E-state index contributed by atoms with van der Waals surface area (Å²) in [6.45, 7) is 7.47. The Morgan fingerprint density at radius 1 is 1.08 bits per heavy atom. The van der Waals surface area contributed by atoms with Gasteiger partial charge in [0.1, 0.15) is 11.8 Å². The maximum Gasteiger partial charge on any atom is 0.295 e. The van der Waals surface area contributed by atoms with E-state index < -0.39 is 10.0 Å². The quantitative estimate of drug-likeness (QED) is 0.426. The number of aryl methyl sites for hydroxylation is 1. The Labute approximate surface area is 227 Å². The van der Waals surface area contributed by atoms with E-state index in [1.165, 1.54) is 0 Å². The molecule has 39 heavy (non-hydrogen) atoms. The molecule has 0 amide bonds. The third-order valence-corrected chi connectivity index (χ3v) is 11.0. The van der Waals surface area contributed by atoms with Gasteiger partial charge < -0.3 is 5.32 Å². The second kappa shape index (κ2) is 9.02. The average Bonchev–Trinajstić information content (AvgIpc) is 3.83. The van der Waals surface area contributed by atoms with Crippen molar-refractivity contribution >= 4 is 27.0 Å². The zero-order valence-corrected chi connectivity index (χ0v) is 23.4. The number of piperidine rings is 1. The van der Waals surface area contributed by atoms with Crippen LogP contribution in [0, 0.1) is 30.6 Å². The first-order valence-corrected chi connectivity index (χ1v) is 15.7. The molecular formula is C27H34N8O3S. The van der Waals surface area contributed by atoms with E-state index in [9.17, 15) is 13.2 Å². The molecule has 3 saturated carbocycles. The fourth-order valence-electron chi connectivity index (χ4n) is 6.38. The van der Waals surface area contributed by atoms with Crippen LogP contribution >= 0.6 is 0 Å². The van der Waals surface area contributed by atoms with Crippen molar-refractivity contribution in [3.63, 3.8) is 0 Å². The molecule has 4 heterocycles. The number of anilines is 1. The molecule has 12 heteroatoms. The van der Waals surface area contributed by atoms with E-state index in [2.05, 4.69) is 32.2 Å². The number of nitrogens with zero attached hydrogens (tertiary/aromatic N) is 7. The summed E-state index contributed by atoms with van der Waals surface area (Å²) in [6.07, 6.45) is 7.71. The van der Waals surface area contributed by atoms with Crippen LogP contribution in [0.4, 0.5) is 5.82 Å². The lowest BCUT2D eigenvalue weighted by atomic mass is 10.1. The highest BCUT2D eigenvalue weighted by atomic mass is 32.2. The molecule has 0 aromatic carbocycles. The van der Waals surface area contributed by atoms with E-state index in [4.69, 9.17) is 4.98 Å². The van der Waals surface area contributed by atoms with Gasteiger partial charge in [0.15, 0.2) is 17.3 Å². The third kappa shape index (κ3) is 4.32. The van der Waals surface area contributed by atoms with E-state index in [0.717, 1.165) is 42.6 Å². The van der Waals surface area contributed by atoms with Crippen molar-refractivity contribution in [3.05, 3.63) is 34.3 Å². The summed E-state index contributed by atoms with van der Waals surface area (Å²) in [5, 5.41) is 3.32. The molecule has 11 nitrogen and oxygen atoms in total. The molecule has 0 bridgehead atoms. The molecule has 2 unspecified atom stereocenters. The molecule has 1 saturated heterocycles. The maximum absolute atomic E-state index is 13.8. The normalized spacial score (nSPS) is 25.6. The Morgan fingerprint density at radius 2 is 1.82 bits per heavy atom. The van der Waals surface area contributed by atoms with Crippen molar-refractivity contribution in [2.24, 2.45) is 23.7 Å². The number of aromatic nitrogens is 6. The van der Waals surface area contributed by atoms with Gasteiger partial charge in [-0.15, -0.1) is 0 Å². The van der Waals surface area contributed by atoms with Crippen LogP contribution < -0.4 is 10.9 Å². The monoisotopic (exact) mass is 550 g/mol. The van der Waals surface area contributed by atoms with Crippen LogP contribution in [0.3, 0.4) is 0 Å². The minimum atomic E-state index is -3.14. The summed E-state index contributed by atoms with van der Waals surface area (Å²) in [5.74, 6) is 2.87. The van der Waals surface area contributed by atoms with Gasteiger partial charge in [0.05, 0.1) is 28.9 Å². The summed E-state index contributed by atoms with van der Waals surface area (Å²) in [6, 6.07) is -0.00423. The standard InChI is InChI=1S/C27H34N8O3S/c1-4-39(37,38)34-11-19-18(20(19)12-34)9-28-25-27(36)35(15(3)16-5-6-16)26-21(32-25)10-29-24(33-26)22-14(2)30-13-31-23(22)17-7-8-17/h10,13,15-20H,4-9,11-12H2,1-3H3,(H,28,32)/t15-,18?,19+,20?/m0/s1. The molecule has 7 rings (SSSR count). The van der Waals surface area contributed by atoms with Gasteiger partial charge in [-0.1, -0.05) is 0 Å². The van der Waals surface area contributed by atoms with Gasteiger partial charge in [0.2, 0.25) is 10.0 Å². The molecule has 3 aromatic rings. The highest BCUT2D eigenvalue weighted by molar-refractivity contribution is 7.89. The van der Waals surface area contributed by atoms with Gasteiger partial charge in [0.25, 0.3) is 5.56 Å². The minimum absolute atomic E-state index is 0.00423. The van der Waals surface area contributed by atoms with Crippen LogP contribution in [-0.2, 0) is 10.0 Å². The molecule has 0 spiro atoms. The van der Waals surface area contributed by atoms with Crippen LogP contribution in [0.2, 0.25) is 0 Å². The SMILES string of the molecule is CCS(=O)(=O)N1CC2C(CNc3nc4cnc(-c5c(C)ncnc5C5CC5)nc4n([C@@H](C)C4CC4)c3=O)[C@H]2C1. The molecular weight excluding hydrogens is 516 g/mol. The van der Waals surface area contributed by atoms with Crippen molar-refractivity contribution < 1.29 is 8.42 Å². The summed E-state index contributed by atoms with van der Waals surface area (Å²) >= 11 is 0. The molecule has 206 valence electrons. The van der Waals surface area contributed by atoms with E-state index in [-0.39, 0.29) is 17.4 Å².